The van der Waals surface area contributed by atoms with E-state index in [9.17, 15) is 9.59 Å². The van der Waals surface area contributed by atoms with E-state index in [1.807, 2.05) is 48.5 Å². The largest absolute Gasteiger partial charge is 0.487 e. The van der Waals surface area contributed by atoms with Crippen LogP contribution in [-0.2, 0) is 16.6 Å². The molecule has 3 N–H and O–H groups in total. The SMILES string of the molecule is CC(C)(C)c1ccc(NC(=O)NC2C3Oc4ccc(Oc5ccnc6c5CCC(=O)N6)cc4C23)cc1. The first-order chi connectivity index (χ1) is 17.3. The van der Waals surface area contributed by atoms with Crippen molar-refractivity contribution in [1.29, 1.82) is 0 Å². The van der Waals surface area contributed by atoms with Crippen LogP contribution in [0.2, 0.25) is 0 Å². The van der Waals surface area contributed by atoms with Crippen molar-refractivity contribution in [3.63, 3.8) is 0 Å². The monoisotopic (exact) mass is 484 g/mol. The number of urea groups is 1. The lowest BCUT2D eigenvalue weighted by molar-refractivity contribution is -0.116. The Hall–Kier alpha value is -4.07. The number of rotatable bonds is 4. The van der Waals surface area contributed by atoms with Crippen LogP contribution >= 0.6 is 0 Å². The smallest absolute Gasteiger partial charge is 0.319 e. The predicted molar refractivity (Wildman–Crippen MR) is 136 cm³/mol. The molecule has 1 aliphatic carbocycles. The zero-order valence-corrected chi connectivity index (χ0v) is 20.4. The number of carbonyl (C=O) groups is 2. The maximum atomic E-state index is 12.6. The van der Waals surface area contributed by atoms with E-state index in [1.165, 1.54) is 5.56 Å². The lowest BCUT2D eigenvalue weighted by Crippen LogP contribution is -2.34. The molecule has 8 heteroatoms. The van der Waals surface area contributed by atoms with Crippen LogP contribution in [-0.4, -0.2) is 29.1 Å². The van der Waals surface area contributed by atoms with E-state index in [1.54, 1.807) is 6.20 Å². The number of carbonyl (C=O) groups excluding carboxylic acids is 2. The van der Waals surface area contributed by atoms with E-state index in [0.29, 0.717) is 30.2 Å². The maximum Gasteiger partial charge on any atom is 0.319 e. The van der Waals surface area contributed by atoms with Crippen molar-refractivity contribution in [1.82, 2.24) is 10.3 Å². The van der Waals surface area contributed by atoms with Crippen LogP contribution < -0.4 is 25.4 Å². The Morgan fingerprint density at radius 3 is 2.69 bits per heavy atom. The van der Waals surface area contributed by atoms with E-state index < -0.39 is 0 Å². The molecule has 0 spiro atoms. The minimum absolute atomic E-state index is 0.0360. The average Bonchev–Trinajstić information content (AvgIpc) is 3.34. The highest BCUT2D eigenvalue weighted by molar-refractivity contribution is 5.93. The second-order valence-electron chi connectivity index (χ2n) is 10.5. The van der Waals surface area contributed by atoms with Crippen LogP contribution in [0.25, 0.3) is 0 Å². The highest BCUT2D eigenvalue weighted by Crippen LogP contribution is 2.54. The molecule has 2 aliphatic heterocycles. The number of hydrogen-bond acceptors (Lipinski definition) is 5. The van der Waals surface area contributed by atoms with E-state index in [4.69, 9.17) is 9.47 Å². The van der Waals surface area contributed by atoms with Crippen molar-refractivity contribution in [2.45, 2.75) is 57.1 Å². The molecule has 6 rings (SSSR count). The van der Waals surface area contributed by atoms with Gasteiger partial charge in [0.15, 0.2) is 0 Å². The van der Waals surface area contributed by atoms with Gasteiger partial charge in [0.2, 0.25) is 5.91 Å². The molecule has 3 unspecified atom stereocenters. The molecule has 3 aromatic rings. The number of fused-ring (bicyclic) bond motifs is 4. The maximum absolute atomic E-state index is 12.6. The number of aromatic nitrogens is 1. The zero-order chi connectivity index (χ0) is 25.0. The molecule has 3 atom stereocenters. The summed E-state index contributed by atoms with van der Waals surface area (Å²) >= 11 is 0. The van der Waals surface area contributed by atoms with Gasteiger partial charge in [-0.15, -0.1) is 0 Å². The van der Waals surface area contributed by atoms with E-state index in [2.05, 4.69) is 41.7 Å². The van der Waals surface area contributed by atoms with Crippen LogP contribution in [0.5, 0.6) is 17.2 Å². The summed E-state index contributed by atoms with van der Waals surface area (Å²) in [5.74, 6) is 2.78. The van der Waals surface area contributed by atoms with Crippen molar-refractivity contribution < 1.29 is 19.1 Å². The average molecular weight is 485 g/mol. The molecule has 2 aromatic carbocycles. The van der Waals surface area contributed by atoms with Crippen molar-refractivity contribution in [3.05, 3.63) is 71.4 Å². The Morgan fingerprint density at radius 1 is 1.11 bits per heavy atom. The third kappa shape index (κ3) is 4.12. The summed E-state index contributed by atoms with van der Waals surface area (Å²) < 4.78 is 12.2. The van der Waals surface area contributed by atoms with E-state index in [-0.39, 0.29) is 35.4 Å². The molecule has 8 nitrogen and oxygen atoms in total. The first-order valence-corrected chi connectivity index (χ1v) is 12.2. The fraction of sp³-hybridized carbons (Fsp3) is 0.321. The van der Waals surface area contributed by atoms with Crippen molar-refractivity contribution >= 4 is 23.4 Å². The van der Waals surface area contributed by atoms with Crippen LogP contribution in [0.1, 0.15) is 49.8 Å². The number of amides is 3. The Labute approximate surface area is 209 Å². The summed E-state index contributed by atoms with van der Waals surface area (Å²) in [5.41, 5.74) is 3.94. The normalized spacial score (nSPS) is 21.3. The van der Waals surface area contributed by atoms with Gasteiger partial charge >= 0.3 is 6.03 Å². The van der Waals surface area contributed by atoms with Gasteiger partial charge in [-0.3, -0.25) is 4.79 Å². The summed E-state index contributed by atoms with van der Waals surface area (Å²) in [7, 11) is 0. The van der Waals surface area contributed by atoms with Gasteiger partial charge in [-0.1, -0.05) is 32.9 Å². The summed E-state index contributed by atoms with van der Waals surface area (Å²) in [4.78, 5) is 28.6. The number of benzene rings is 2. The first-order valence-electron chi connectivity index (χ1n) is 12.2. The van der Waals surface area contributed by atoms with Crippen LogP contribution in [0.3, 0.4) is 0 Å². The van der Waals surface area contributed by atoms with Gasteiger partial charge in [-0.05, 0) is 53.8 Å². The van der Waals surface area contributed by atoms with Crippen molar-refractivity contribution in [3.8, 4) is 17.2 Å². The predicted octanol–water partition coefficient (Wildman–Crippen LogP) is 5.10. The second kappa shape index (κ2) is 8.26. The molecule has 1 aromatic heterocycles. The number of anilines is 2. The van der Waals surface area contributed by atoms with E-state index in [0.717, 1.165) is 22.6 Å². The second-order valence-corrected chi connectivity index (χ2v) is 10.5. The van der Waals surface area contributed by atoms with Gasteiger partial charge in [0, 0.05) is 29.4 Å². The quantitative estimate of drug-likeness (QED) is 0.478. The zero-order valence-electron chi connectivity index (χ0n) is 20.4. The third-order valence-electron chi connectivity index (χ3n) is 6.96. The van der Waals surface area contributed by atoms with Crippen LogP contribution in [0.4, 0.5) is 16.3 Å². The van der Waals surface area contributed by atoms with Crippen LogP contribution in [0.15, 0.2) is 54.7 Å². The molecule has 1 fully saturated rings. The van der Waals surface area contributed by atoms with Gasteiger partial charge in [0.25, 0.3) is 0 Å². The van der Waals surface area contributed by atoms with Gasteiger partial charge < -0.3 is 25.4 Å². The molecule has 184 valence electrons. The minimum Gasteiger partial charge on any atom is -0.487 e. The fourth-order valence-electron chi connectivity index (χ4n) is 4.93. The molecule has 0 radical (unpaired) electrons. The van der Waals surface area contributed by atoms with E-state index >= 15 is 0 Å². The summed E-state index contributed by atoms with van der Waals surface area (Å²) in [6, 6.07) is 15.1. The molecule has 1 saturated carbocycles. The van der Waals surface area contributed by atoms with Gasteiger partial charge in [-0.25, -0.2) is 9.78 Å². The number of hydrogen-bond donors (Lipinski definition) is 3. The third-order valence-corrected chi connectivity index (χ3v) is 6.96. The molecule has 3 aliphatic rings. The number of nitrogens with zero attached hydrogens (tertiary/aromatic N) is 1. The molecule has 3 amide bonds. The van der Waals surface area contributed by atoms with Gasteiger partial charge in [0.1, 0.15) is 29.2 Å². The lowest BCUT2D eigenvalue weighted by atomic mass is 9.87. The van der Waals surface area contributed by atoms with Gasteiger partial charge in [-0.2, -0.15) is 0 Å². The number of pyridine rings is 1. The lowest BCUT2D eigenvalue weighted by Gasteiger charge is -2.19. The number of ether oxygens (including phenoxy) is 2. The topological polar surface area (TPSA) is 102 Å². The first kappa shape index (κ1) is 22.4. The Morgan fingerprint density at radius 2 is 1.92 bits per heavy atom. The highest BCUT2D eigenvalue weighted by atomic mass is 16.5. The Kier molecular flexibility index (Phi) is 5.14. The molecular formula is C28H28N4O4. The van der Waals surface area contributed by atoms with Crippen LogP contribution in [0, 0.1) is 0 Å². The Balaban J connectivity index is 1.11. The molecule has 36 heavy (non-hydrogen) atoms. The standard InChI is InChI=1S/C28H28N4O4/c1-28(2,3)15-4-6-16(7-5-15)30-27(34)32-24-23-19-14-17(8-10-20(19)36-25(23)24)35-21-12-13-29-26-18(21)9-11-22(33)31-26/h4-8,10,12-14,23-25H,9,11H2,1-3H3,(H,29,31,33)(H2,30,32,34). The molecule has 3 heterocycles. The van der Waals surface area contributed by atoms with Crippen molar-refractivity contribution in [2.75, 3.05) is 10.6 Å². The highest BCUT2D eigenvalue weighted by Gasteiger charge is 2.59. The Bertz CT molecular complexity index is 1360. The molecule has 0 saturated heterocycles. The summed E-state index contributed by atoms with van der Waals surface area (Å²) in [6.45, 7) is 6.48. The summed E-state index contributed by atoms with van der Waals surface area (Å²) in [6.07, 6.45) is 2.55. The van der Waals surface area contributed by atoms with Crippen molar-refractivity contribution in [2.24, 2.45) is 0 Å². The van der Waals surface area contributed by atoms with Gasteiger partial charge in [0.05, 0.1) is 12.0 Å². The number of nitrogens with one attached hydrogen (secondary N) is 3. The molecule has 0 bridgehead atoms. The fourth-order valence-corrected chi connectivity index (χ4v) is 4.93. The minimum atomic E-state index is -0.249. The molecular weight excluding hydrogens is 456 g/mol. The summed E-state index contributed by atoms with van der Waals surface area (Å²) in [5, 5.41) is 8.75.